The first-order chi connectivity index (χ1) is 15.1. The lowest BCUT2D eigenvalue weighted by Crippen LogP contribution is -2.39. The van der Waals surface area contributed by atoms with Crippen molar-refractivity contribution in [2.75, 3.05) is 25.5 Å². The number of rotatable bonds is 7. The molecule has 0 spiro atoms. The molecule has 1 aromatic carbocycles. The number of likely N-dealkylation sites (tertiary alicyclic amines) is 1. The Kier molecular flexibility index (Phi) is 6.82. The second-order valence-electron chi connectivity index (χ2n) is 7.88. The van der Waals surface area contributed by atoms with E-state index in [1.807, 2.05) is 47.5 Å². The number of methoxy groups -OCH3 is 1. The van der Waals surface area contributed by atoms with Crippen molar-refractivity contribution in [3.63, 3.8) is 0 Å². The number of anilines is 2. The predicted molar refractivity (Wildman–Crippen MR) is 124 cm³/mol. The van der Waals surface area contributed by atoms with Crippen LogP contribution in [0.25, 0.3) is 0 Å². The highest BCUT2D eigenvalue weighted by atomic mass is 32.1. The molecule has 3 aromatic rings. The highest BCUT2D eigenvalue weighted by Crippen LogP contribution is 2.30. The zero-order valence-corrected chi connectivity index (χ0v) is 18.8. The third kappa shape index (κ3) is 5.41. The number of benzene rings is 1. The maximum atomic E-state index is 12.9. The number of para-hydroxylation sites is 1. The fourth-order valence-electron chi connectivity index (χ4n) is 4.14. The normalized spacial score (nSPS) is 16.2. The van der Waals surface area contributed by atoms with Gasteiger partial charge in [-0.3, -0.25) is 9.78 Å². The number of ether oxygens (including phenoxy) is 1. The van der Waals surface area contributed by atoms with E-state index in [-0.39, 0.29) is 11.8 Å². The molecule has 0 saturated carbocycles. The third-order valence-electron chi connectivity index (χ3n) is 5.65. The van der Waals surface area contributed by atoms with Gasteiger partial charge in [0.15, 0.2) is 5.13 Å². The second-order valence-corrected chi connectivity index (χ2v) is 8.77. The fourth-order valence-corrected chi connectivity index (χ4v) is 4.69. The molecule has 1 atom stereocenters. The van der Waals surface area contributed by atoms with Crippen molar-refractivity contribution in [2.24, 2.45) is 0 Å². The molecule has 1 N–H and O–H groups in total. The second kappa shape index (κ2) is 9.92. The van der Waals surface area contributed by atoms with Crippen molar-refractivity contribution in [3.05, 3.63) is 64.9 Å². The van der Waals surface area contributed by atoms with Crippen LogP contribution in [0.15, 0.2) is 48.0 Å². The van der Waals surface area contributed by atoms with Crippen LogP contribution in [-0.4, -0.2) is 41.0 Å². The summed E-state index contributed by atoms with van der Waals surface area (Å²) in [4.78, 5) is 24.0. The maximum absolute atomic E-state index is 12.9. The Balaban J connectivity index is 1.41. The minimum absolute atomic E-state index is 0.199. The van der Waals surface area contributed by atoms with E-state index in [9.17, 15) is 4.79 Å². The summed E-state index contributed by atoms with van der Waals surface area (Å²) in [5.74, 6) is 1.29. The van der Waals surface area contributed by atoms with Gasteiger partial charge in [0.05, 0.1) is 7.11 Å². The largest absolute Gasteiger partial charge is 0.496 e. The Morgan fingerprint density at radius 2 is 2.19 bits per heavy atom. The number of carbonyl (C=O) groups excluding carboxylic acids is 1. The third-order valence-corrected chi connectivity index (χ3v) is 6.34. The smallest absolute Gasteiger partial charge is 0.222 e. The Morgan fingerprint density at radius 1 is 1.32 bits per heavy atom. The summed E-state index contributed by atoms with van der Waals surface area (Å²) in [5.41, 5.74) is 4.08. The SMILES string of the molecule is COc1ccccc1CCC(=O)N1CCC[C@@H](c2cc(Nc3nccs3)cc(C)n2)C1. The van der Waals surface area contributed by atoms with Crippen molar-refractivity contribution in [3.8, 4) is 5.75 Å². The van der Waals surface area contributed by atoms with Gasteiger partial charge in [0.1, 0.15) is 5.75 Å². The number of carbonyl (C=O) groups is 1. The summed E-state index contributed by atoms with van der Waals surface area (Å²) >= 11 is 1.57. The maximum Gasteiger partial charge on any atom is 0.222 e. The Hall–Kier alpha value is -2.93. The fraction of sp³-hybridized carbons (Fsp3) is 0.375. The molecule has 6 nitrogen and oxygen atoms in total. The molecule has 31 heavy (non-hydrogen) atoms. The van der Waals surface area contributed by atoms with E-state index in [1.165, 1.54) is 0 Å². The molecule has 1 aliphatic rings. The quantitative estimate of drug-likeness (QED) is 0.568. The first-order valence-electron chi connectivity index (χ1n) is 10.7. The van der Waals surface area contributed by atoms with Gasteiger partial charge in [-0.2, -0.15) is 0 Å². The van der Waals surface area contributed by atoms with E-state index in [4.69, 9.17) is 9.72 Å². The van der Waals surface area contributed by atoms with E-state index in [1.54, 1.807) is 24.6 Å². The number of thiazole rings is 1. The summed E-state index contributed by atoms with van der Waals surface area (Å²) in [6.07, 6.45) is 5.01. The Labute approximate surface area is 187 Å². The van der Waals surface area contributed by atoms with Gasteiger partial charge in [0, 0.05) is 54.1 Å². The molecule has 0 bridgehead atoms. The number of nitrogens with one attached hydrogen (secondary N) is 1. The molecule has 7 heteroatoms. The number of pyridine rings is 1. The van der Waals surface area contributed by atoms with Gasteiger partial charge in [0.2, 0.25) is 5.91 Å². The van der Waals surface area contributed by atoms with E-state index < -0.39 is 0 Å². The molecule has 4 rings (SSSR count). The van der Waals surface area contributed by atoms with Crippen molar-refractivity contribution in [1.29, 1.82) is 0 Å². The summed E-state index contributed by atoms with van der Waals surface area (Å²) in [5, 5.41) is 6.18. The van der Waals surface area contributed by atoms with E-state index in [0.717, 1.165) is 59.5 Å². The lowest BCUT2D eigenvalue weighted by atomic mass is 9.93. The molecule has 1 fully saturated rings. The Morgan fingerprint density at radius 3 is 3.00 bits per heavy atom. The zero-order valence-electron chi connectivity index (χ0n) is 18.0. The van der Waals surface area contributed by atoms with Crippen LogP contribution >= 0.6 is 11.3 Å². The lowest BCUT2D eigenvalue weighted by molar-refractivity contribution is -0.132. The minimum Gasteiger partial charge on any atom is -0.496 e. The van der Waals surface area contributed by atoms with Gasteiger partial charge in [-0.25, -0.2) is 4.98 Å². The first kappa shape index (κ1) is 21.3. The van der Waals surface area contributed by atoms with Crippen molar-refractivity contribution < 1.29 is 9.53 Å². The molecule has 162 valence electrons. The molecule has 1 saturated heterocycles. The number of piperidine rings is 1. The summed E-state index contributed by atoms with van der Waals surface area (Å²) in [6.45, 7) is 3.55. The molecule has 0 unspecified atom stereocenters. The number of aryl methyl sites for hydroxylation is 2. The monoisotopic (exact) mass is 436 g/mol. The van der Waals surface area contributed by atoms with E-state index in [2.05, 4.69) is 16.4 Å². The van der Waals surface area contributed by atoms with Gasteiger partial charge < -0.3 is 15.0 Å². The molecule has 1 aliphatic heterocycles. The molecule has 1 amide bonds. The summed E-state index contributed by atoms with van der Waals surface area (Å²) in [6, 6.07) is 12.0. The standard InChI is InChI=1S/C24H28N4O2S/c1-17-14-20(27-24-25-11-13-31-24)15-21(26-17)19-7-5-12-28(16-19)23(29)10-9-18-6-3-4-8-22(18)30-2/h3-4,6,8,11,13-15,19H,5,7,9-10,12,16H2,1-2H3,(H,25,26,27)/t19-/m1/s1. The zero-order chi connectivity index (χ0) is 21.6. The first-order valence-corrected chi connectivity index (χ1v) is 11.5. The van der Waals surface area contributed by atoms with Crippen LogP contribution in [0.4, 0.5) is 10.8 Å². The van der Waals surface area contributed by atoms with Crippen LogP contribution in [-0.2, 0) is 11.2 Å². The number of amides is 1. The van der Waals surface area contributed by atoms with Crippen LogP contribution in [0.1, 0.15) is 42.1 Å². The van der Waals surface area contributed by atoms with Gasteiger partial charge in [-0.15, -0.1) is 11.3 Å². The van der Waals surface area contributed by atoms with Crippen LogP contribution in [0.3, 0.4) is 0 Å². The molecule has 0 radical (unpaired) electrons. The molecule has 3 heterocycles. The highest BCUT2D eigenvalue weighted by molar-refractivity contribution is 7.13. The minimum atomic E-state index is 0.199. The number of aromatic nitrogens is 2. The average molecular weight is 437 g/mol. The molecule has 0 aliphatic carbocycles. The van der Waals surface area contributed by atoms with Crippen molar-refractivity contribution >= 4 is 28.1 Å². The van der Waals surface area contributed by atoms with E-state index in [0.29, 0.717) is 12.8 Å². The van der Waals surface area contributed by atoms with E-state index >= 15 is 0 Å². The number of hydrogen-bond donors (Lipinski definition) is 1. The number of hydrogen-bond acceptors (Lipinski definition) is 6. The van der Waals surface area contributed by atoms with Gasteiger partial charge in [0.25, 0.3) is 0 Å². The lowest BCUT2D eigenvalue weighted by Gasteiger charge is -2.33. The summed E-state index contributed by atoms with van der Waals surface area (Å²) < 4.78 is 5.41. The van der Waals surface area contributed by atoms with Gasteiger partial charge in [-0.1, -0.05) is 18.2 Å². The topological polar surface area (TPSA) is 67.3 Å². The van der Waals surface area contributed by atoms with Crippen LogP contribution < -0.4 is 10.1 Å². The molecule has 2 aromatic heterocycles. The molecular weight excluding hydrogens is 408 g/mol. The Bertz CT molecular complexity index is 1020. The highest BCUT2D eigenvalue weighted by Gasteiger charge is 2.26. The average Bonchev–Trinajstić information content (AvgIpc) is 3.30. The van der Waals surface area contributed by atoms with Crippen molar-refractivity contribution in [2.45, 2.75) is 38.5 Å². The molecular formula is C24H28N4O2S. The van der Waals surface area contributed by atoms with Gasteiger partial charge in [-0.05, 0) is 49.9 Å². The van der Waals surface area contributed by atoms with Crippen molar-refractivity contribution in [1.82, 2.24) is 14.9 Å². The predicted octanol–water partition coefficient (Wildman–Crippen LogP) is 4.94. The number of nitrogens with zero attached hydrogens (tertiary/aromatic N) is 3. The van der Waals surface area contributed by atoms with Crippen LogP contribution in [0, 0.1) is 6.92 Å². The summed E-state index contributed by atoms with van der Waals surface area (Å²) in [7, 11) is 1.67. The van der Waals surface area contributed by atoms with Crippen LogP contribution in [0.5, 0.6) is 5.75 Å². The van der Waals surface area contributed by atoms with Crippen LogP contribution in [0.2, 0.25) is 0 Å². The van der Waals surface area contributed by atoms with Gasteiger partial charge >= 0.3 is 0 Å².